The van der Waals surface area contributed by atoms with Gasteiger partial charge < -0.3 is 15.2 Å². The molecule has 5 heteroatoms. The summed E-state index contributed by atoms with van der Waals surface area (Å²) < 4.78 is 0. The number of carbonyl (C=O) groups excluding carboxylic acids is 2. The number of aryl methyl sites for hydroxylation is 1. The van der Waals surface area contributed by atoms with Crippen molar-refractivity contribution in [2.75, 3.05) is 19.4 Å². The molecule has 106 valence electrons. The Labute approximate surface area is 118 Å². The van der Waals surface area contributed by atoms with Crippen molar-refractivity contribution in [3.63, 3.8) is 0 Å². The maximum Gasteiger partial charge on any atom is 0.222 e. The smallest absolute Gasteiger partial charge is 0.222 e. The van der Waals surface area contributed by atoms with Gasteiger partial charge in [0, 0.05) is 43.9 Å². The van der Waals surface area contributed by atoms with Crippen molar-refractivity contribution < 1.29 is 9.59 Å². The first kappa shape index (κ1) is 14.1. The van der Waals surface area contributed by atoms with Gasteiger partial charge in [-0.05, 0) is 12.5 Å². The average molecular weight is 273 g/mol. The molecular formula is C15H19N3O2. The van der Waals surface area contributed by atoms with Crippen molar-refractivity contribution in [2.24, 2.45) is 0 Å². The predicted octanol–water partition coefficient (Wildman–Crippen LogP) is 2.15. The molecule has 2 aromatic rings. The summed E-state index contributed by atoms with van der Waals surface area (Å²) >= 11 is 0. The lowest BCUT2D eigenvalue weighted by Gasteiger charge is -2.10. The number of carbonyl (C=O) groups is 2. The van der Waals surface area contributed by atoms with Crippen LogP contribution in [0.25, 0.3) is 10.9 Å². The first-order valence-electron chi connectivity index (χ1n) is 6.56. The fraction of sp³-hybridized carbons (Fsp3) is 0.333. The van der Waals surface area contributed by atoms with Crippen molar-refractivity contribution in [2.45, 2.75) is 19.8 Å². The van der Waals surface area contributed by atoms with Crippen molar-refractivity contribution in [3.05, 3.63) is 29.8 Å². The number of aromatic nitrogens is 1. The summed E-state index contributed by atoms with van der Waals surface area (Å²) in [5, 5.41) is 3.84. The summed E-state index contributed by atoms with van der Waals surface area (Å²) in [5.74, 6) is 0.631. The van der Waals surface area contributed by atoms with E-state index in [2.05, 4.69) is 10.3 Å². The van der Waals surface area contributed by atoms with Gasteiger partial charge >= 0.3 is 0 Å². The highest BCUT2D eigenvalue weighted by Gasteiger charge is 2.14. The van der Waals surface area contributed by atoms with Gasteiger partial charge in [0.15, 0.2) is 0 Å². The SMILES string of the molecule is CC(=O)Nc1[nH]c2ccccc2c1CCC(=O)N(C)C. The van der Waals surface area contributed by atoms with Crippen molar-refractivity contribution in [1.29, 1.82) is 0 Å². The van der Waals surface area contributed by atoms with Gasteiger partial charge in [0.05, 0.1) is 0 Å². The van der Waals surface area contributed by atoms with Crippen molar-refractivity contribution in [1.82, 2.24) is 9.88 Å². The second kappa shape index (κ2) is 5.77. The molecule has 0 saturated heterocycles. The van der Waals surface area contributed by atoms with E-state index >= 15 is 0 Å². The maximum absolute atomic E-state index is 11.7. The van der Waals surface area contributed by atoms with E-state index in [4.69, 9.17) is 0 Å². The topological polar surface area (TPSA) is 65.2 Å². The van der Waals surface area contributed by atoms with Gasteiger partial charge in [0.1, 0.15) is 5.82 Å². The number of fused-ring (bicyclic) bond motifs is 1. The number of benzene rings is 1. The number of H-pyrrole nitrogens is 1. The molecule has 2 N–H and O–H groups in total. The summed E-state index contributed by atoms with van der Waals surface area (Å²) in [5.41, 5.74) is 1.94. The fourth-order valence-electron chi connectivity index (χ4n) is 2.20. The van der Waals surface area contributed by atoms with Crippen LogP contribution in [0.5, 0.6) is 0 Å². The molecule has 20 heavy (non-hydrogen) atoms. The molecular weight excluding hydrogens is 254 g/mol. The Kier molecular flexibility index (Phi) is 4.08. The molecule has 1 aromatic heterocycles. The third kappa shape index (κ3) is 2.99. The van der Waals surface area contributed by atoms with Gasteiger partial charge in [-0.15, -0.1) is 0 Å². The number of nitrogens with zero attached hydrogens (tertiary/aromatic N) is 1. The molecule has 2 amide bonds. The highest BCUT2D eigenvalue weighted by atomic mass is 16.2. The van der Waals surface area contributed by atoms with Crippen LogP contribution in [0.3, 0.4) is 0 Å². The molecule has 0 spiro atoms. The van der Waals surface area contributed by atoms with E-state index < -0.39 is 0 Å². The molecule has 0 aliphatic heterocycles. The second-order valence-corrected chi connectivity index (χ2v) is 4.99. The summed E-state index contributed by atoms with van der Waals surface area (Å²) in [6, 6.07) is 7.83. The van der Waals surface area contributed by atoms with E-state index in [9.17, 15) is 9.59 Å². The molecule has 0 bridgehead atoms. The Morgan fingerprint density at radius 2 is 1.95 bits per heavy atom. The molecule has 1 aromatic carbocycles. The van der Waals surface area contributed by atoms with Gasteiger partial charge in [0.25, 0.3) is 0 Å². The van der Waals surface area contributed by atoms with Gasteiger partial charge in [-0.1, -0.05) is 18.2 Å². The van der Waals surface area contributed by atoms with Gasteiger partial charge in [0.2, 0.25) is 11.8 Å². The van der Waals surface area contributed by atoms with Crippen LogP contribution in [-0.2, 0) is 16.0 Å². The summed E-state index contributed by atoms with van der Waals surface area (Å²) in [6.07, 6.45) is 1.01. The summed E-state index contributed by atoms with van der Waals surface area (Å²) in [6.45, 7) is 1.47. The Hall–Kier alpha value is -2.30. The normalized spacial score (nSPS) is 10.6. The third-order valence-electron chi connectivity index (χ3n) is 3.20. The first-order valence-corrected chi connectivity index (χ1v) is 6.56. The fourth-order valence-corrected chi connectivity index (χ4v) is 2.20. The van der Waals surface area contributed by atoms with E-state index in [-0.39, 0.29) is 11.8 Å². The van der Waals surface area contributed by atoms with Crippen LogP contribution in [0.15, 0.2) is 24.3 Å². The van der Waals surface area contributed by atoms with Crippen LogP contribution in [-0.4, -0.2) is 35.8 Å². The number of aromatic amines is 1. The standard InChI is InChI=1S/C15H19N3O2/c1-10(19)16-15-12(8-9-14(20)18(2)3)11-6-4-5-7-13(11)17-15/h4-7,17H,8-9H2,1-3H3,(H,16,19). The predicted molar refractivity (Wildman–Crippen MR) is 79.6 cm³/mol. The van der Waals surface area contributed by atoms with Gasteiger partial charge in [-0.3, -0.25) is 9.59 Å². The number of nitrogens with one attached hydrogen (secondary N) is 2. The summed E-state index contributed by atoms with van der Waals surface area (Å²) in [4.78, 5) is 27.8. The molecule has 0 atom stereocenters. The van der Waals surface area contributed by atoms with Gasteiger partial charge in [-0.25, -0.2) is 0 Å². The van der Waals surface area contributed by atoms with E-state index in [1.54, 1.807) is 19.0 Å². The number of amides is 2. The number of rotatable bonds is 4. The molecule has 5 nitrogen and oxygen atoms in total. The molecule has 0 unspecified atom stereocenters. The van der Waals surface area contributed by atoms with E-state index in [1.165, 1.54) is 6.92 Å². The molecule has 0 aliphatic carbocycles. The van der Waals surface area contributed by atoms with Crippen LogP contribution >= 0.6 is 0 Å². The minimum Gasteiger partial charge on any atom is -0.349 e. The average Bonchev–Trinajstić information content (AvgIpc) is 2.72. The highest BCUT2D eigenvalue weighted by Crippen LogP contribution is 2.27. The Morgan fingerprint density at radius 3 is 2.60 bits per heavy atom. The van der Waals surface area contributed by atoms with E-state index in [0.29, 0.717) is 18.7 Å². The Balaban J connectivity index is 2.32. The molecule has 0 radical (unpaired) electrons. The van der Waals surface area contributed by atoms with Crippen LogP contribution < -0.4 is 5.32 Å². The van der Waals surface area contributed by atoms with Crippen LogP contribution in [0.1, 0.15) is 18.9 Å². The molecule has 0 fully saturated rings. The van der Waals surface area contributed by atoms with E-state index in [1.807, 2.05) is 24.3 Å². The molecule has 0 saturated carbocycles. The number of hydrogen-bond donors (Lipinski definition) is 2. The zero-order valence-corrected chi connectivity index (χ0v) is 12.0. The zero-order chi connectivity index (χ0) is 14.7. The monoisotopic (exact) mass is 273 g/mol. The number of hydrogen-bond acceptors (Lipinski definition) is 2. The molecule has 2 rings (SSSR count). The number of anilines is 1. The highest BCUT2D eigenvalue weighted by molar-refractivity contribution is 5.96. The van der Waals surface area contributed by atoms with Crippen molar-refractivity contribution in [3.8, 4) is 0 Å². The zero-order valence-electron chi connectivity index (χ0n) is 12.0. The van der Waals surface area contributed by atoms with Crippen LogP contribution in [0.4, 0.5) is 5.82 Å². The van der Waals surface area contributed by atoms with Crippen LogP contribution in [0, 0.1) is 0 Å². The lowest BCUT2D eigenvalue weighted by molar-refractivity contribution is -0.128. The minimum absolute atomic E-state index is 0.0732. The quantitative estimate of drug-likeness (QED) is 0.896. The Bertz CT molecular complexity index is 644. The lowest BCUT2D eigenvalue weighted by atomic mass is 10.1. The third-order valence-corrected chi connectivity index (χ3v) is 3.20. The minimum atomic E-state index is -0.128. The number of para-hydroxylation sites is 1. The van der Waals surface area contributed by atoms with Crippen molar-refractivity contribution >= 4 is 28.5 Å². The largest absolute Gasteiger partial charge is 0.349 e. The maximum atomic E-state index is 11.7. The van der Waals surface area contributed by atoms with Gasteiger partial charge in [-0.2, -0.15) is 0 Å². The molecule has 1 heterocycles. The second-order valence-electron chi connectivity index (χ2n) is 4.99. The Morgan fingerprint density at radius 1 is 1.25 bits per heavy atom. The summed E-state index contributed by atoms with van der Waals surface area (Å²) in [7, 11) is 3.48. The molecule has 0 aliphatic rings. The van der Waals surface area contributed by atoms with E-state index in [0.717, 1.165) is 16.5 Å². The first-order chi connectivity index (χ1) is 9.49. The lowest BCUT2D eigenvalue weighted by Crippen LogP contribution is -2.22. The van der Waals surface area contributed by atoms with Crippen LogP contribution in [0.2, 0.25) is 0 Å².